The summed E-state index contributed by atoms with van der Waals surface area (Å²) in [6.45, 7) is 4.85. The van der Waals surface area contributed by atoms with Gasteiger partial charge < -0.3 is 33.8 Å². The van der Waals surface area contributed by atoms with Crippen molar-refractivity contribution >= 4 is 39.5 Å². The largest absolute Gasteiger partial charge is 0.472 e. The van der Waals surface area contributed by atoms with Crippen molar-refractivity contribution in [1.82, 2.24) is 0 Å². The molecule has 0 spiro atoms. The Labute approximate surface area is 599 Å². The number of allylic oxidation sites excluding steroid dienone is 4. The SMILES string of the molecule is CCCCCC/C=C\C=C/CCCCCCCC(=O)O[C@H](COC(=O)CCCCCCC)COP(=O)(O)OC[C@H](O)COP(=O)(O)OC[C@@H](COC(=O)CCCCCCCCCCCCCCCCCCCCC)OC(=O)CCCCCCCCCCCCCCCCCCCCC. The van der Waals surface area contributed by atoms with E-state index in [9.17, 15) is 43.2 Å². The Kier molecular flexibility index (Phi) is 71.0. The summed E-state index contributed by atoms with van der Waals surface area (Å²) in [4.78, 5) is 72.6. The van der Waals surface area contributed by atoms with Crippen molar-refractivity contribution in [2.75, 3.05) is 39.6 Å². The third-order valence-electron chi connectivity index (χ3n) is 18.0. The molecule has 0 aliphatic rings. The maximum Gasteiger partial charge on any atom is 0.472 e. The molecule has 0 saturated carbocycles. The lowest BCUT2D eigenvalue weighted by Gasteiger charge is -2.21. The van der Waals surface area contributed by atoms with Crippen molar-refractivity contribution < 1.29 is 80.2 Å². The fourth-order valence-electron chi connectivity index (χ4n) is 11.7. The zero-order valence-electron chi connectivity index (χ0n) is 63.2. The van der Waals surface area contributed by atoms with E-state index in [2.05, 4.69) is 52.0 Å². The van der Waals surface area contributed by atoms with E-state index in [4.69, 9.17) is 37.0 Å². The second-order valence-electron chi connectivity index (χ2n) is 27.8. The number of phosphoric acid groups is 2. The minimum atomic E-state index is -4.96. The van der Waals surface area contributed by atoms with Crippen LogP contribution < -0.4 is 0 Å². The third-order valence-corrected chi connectivity index (χ3v) is 19.9. The van der Waals surface area contributed by atoms with Crippen LogP contribution in [0.2, 0.25) is 0 Å². The van der Waals surface area contributed by atoms with Crippen LogP contribution in [-0.4, -0.2) is 96.7 Å². The Morgan fingerprint density at radius 1 is 0.286 bits per heavy atom. The minimum Gasteiger partial charge on any atom is -0.462 e. The molecule has 0 rings (SSSR count). The molecule has 0 amide bonds. The summed E-state index contributed by atoms with van der Waals surface area (Å²) in [7, 11) is -9.92. The van der Waals surface area contributed by atoms with Gasteiger partial charge in [0.15, 0.2) is 12.2 Å². The summed E-state index contributed by atoms with van der Waals surface area (Å²) >= 11 is 0. The first kappa shape index (κ1) is 95.5. The monoisotopic (exact) mass is 1430 g/mol. The second-order valence-corrected chi connectivity index (χ2v) is 30.7. The van der Waals surface area contributed by atoms with Crippen LogP contribution in [0.4, 0.5) is 0 Å². The number of hydrogen-bond donors (Lipinski definition) is 3. The van der Waals surface area contributed by atoms with Crippen LogP contribution in [0.5, 0.6) is 0 Å². The van der Waals surface area contributed by atoms with Gasteiger partial charge in [-0.1, -0.05) is 347 Å². The highest BCUT2D eigenvalue weighted by atomic mass is 31.2. The molecule has 0 bridgehead atoms. The first-order valence-electron chi connectivity index (χ1n) is 40.6. The molecule has 0 fully saturated rings. The van der Waals surface area contributed by atoms with Gasteiger partial charge in [0.2, 0.25) is 0 Å². The summed E-state index contributed by atoms with van der Waals surface area (Å²) in [6, 6.07) is 0. The van der Waals surface area contributed by atoms with Gasteiger partial charge >= 0.3 is 39.5 Å². The lowest BCUT2D eigenvalue weighted by Crippen LogP contribution is -2.30. The van der Waals surface area contributed by atoms with Gasteiger partial charge in [0.1, 0.15) is 19.3 Å². The molecule has 17 nitrogen and oxygen atoms in total. The molecule has 19 heteroatoms. The van der Waals surface area contributed by atoms with E-state index < -0.39 is 97.5 Å². The van der Waals surface area contributed by atoms with Gasteiger partial charge in [-0.25, -0.2) is 9.13 Å². The Morgan fingerprint density at radius 3 is 0.745 bits per heavy atom. The molecule has 98 heavy (non-hydrogen) atoms. The van der Waals surface area contributed by atoms with Crippen LogP contribution >= 0.6 is 15.6 Å². The van der Waals surface area contributed by atoms with Crippen molar-refractivity contribution in [1.29, 1.82) is 0 Å². The molecule has 2 unspecified atom stereocenters. The van der Waals surface area contributed by atoms with E-state index in [1.54, 1.807) is 0 Å². The summed E-state index contributed by atoms with van der Waals surface area (Å²) in [5, 5.41) is 10.6. The van der Waals surface area contributed by atoms with E-state index in [1.165, 1.54) is 212 Å². The molecule has 0 aliphatic heterocycles. The topological polar surface area (TPSA) is 237 Å². The Bertz CT molecular complexity index is 1950. The zero-order valence-corrected chi connectivity index (χ0v) is 65.0. The average molecular weight is 1430 g/mol. The Morgan fingerprint density at radius 2 is 0.490 bits per heavy atom. The van der Waals surface area contributed by atoms with Crippen LogP contribution in [-0.2, 0) is 65.4 Å². The predicted octanol–water partition coefficient (Wildman–Crippen LogP) is 23.3. The smallest absolute Gasteiger partial charge is 0.462 e. The highest BCUT2D eigenvalue weighted by Gasteiger charge is 2.30. The van der Waals surface area contributed by atoms with Gasteiger partial charge in [0.25, 0.3) is 0 Å². The van der Waals surface area contributed by atoms with E-state index in [0.29, 0.717) is 25.7 Å². The molecule has 5 atom stereocenters. The van der Waals surface area contributed by atoms with Crippen molar-refractivity contribution in [3.8, 4) is 0 Å². The Balaban J connectivity index is 5.15. The van der Waals surface area contributed by atoms with Crippen LogP contribution in [0.1, 0.15) is 400 Å². The first-order valence-corrected chi connectivity index (χ1v) is 43.6. The van der Waals surface area contributed by atoms with Crippen molar-refractivity contribution in [3.63, 3.8) is 0 Å². The first-order chi connectivity index (χ1) is 47.7. The molecule has 3 N–H and O–H groups in total. The van der Waals surface area contributed by atoms with Gasteiger partial charge in [0.05, 0.1) is 26.4 Å². The molecule has 0 aromatic rings. The standard InChI is InChI=1S/C79H150O17P2/c1-5-9-13-17-20-23-26-29-32-34-36-38-41-43-46-49-52-56-60-64-77(82)90-70-75(96-79(84)66-62-58-54-51-48-45-42-39-37-35-33-30-27-24-21-18-14-10-6-2)72-94-98(87,88)92-68-73(80)67-91-97(85,86)93-71-74(69-89-76(81)63-59-55-16-12-8-4)95-78(83)65-61-57-53-50-47-44-40-31-28-25-22-19-15-11-7-3/h25,28,31,40,73-75,80H,5-24,26-27,29-30,32-39,41-72H2,1-4H3,(H,85,86)(H,87,88)/b28-25-,40-31-/t73-,74+,75+/m0/s1. The normalized spacial score (nSPS) is 14.0. The molecule has 0 aromatic carbocycles. The summed E-state index contributed by atoms with van der Waals surface area (Å²) < 4.78 is 68.4. The van der Waals surface area contributed by atoms with Gasteiger partial charge in [-0.3, -0.25) is 37.3 Å². The van der Waals surface area contributed by atoms with E-state index in [1.807, 2.05) is 0 Å². The fourth-order valence-corrected chi connectivity index (χ4v) is 13.3. The van der Waals surface area contributed by atoms with Gasteiger partial charge in [-0.05, 0) is 51.4 Å². The number of rotatable bonds is 78. The maximum absolute atomic E-state index is 13.1. The predicted molar refractivity (Wildman–Crippen MR) is 400 cm³/mol. The average Bonchev–Trinajstić information content (AvgIpc) is 1.08. The summed E-state index contributed by atoms with van der Waals surface area (Å²) in [6.07, 6.45) is 67.9. The fraction of sp³-hybridized carbons (Fsp3) is 0.899. The number of aliphatic hydroxyl groups is 1. The van der Waals surface area contributed by atoms with Crippen LogP contribution in [0.3, 0.4) is 0 Å². The number of carbonyl (C=O) groups is 4. The number of esters is 4. The van der Waals surface area contributed by atoms with Crippen molar-refractivity contribution in [2.45, 2.75) is 418 Å². The quantitative estimate of drug-likeness (QED) is 0.0169. The maximum atomic E-state index is 13.1. The van der Waals surface area contributed by atoms with Gasteiger partial charge in [0, 0.05) is 25.7 Å². The molecule has 0 saturated heterocycles. The van der Waals surface area contributed by atoms with Crippen molar-refractivity contribution in [3.05, 3.63) is 24.3 Å². The summed E-state index contributed by atoms with van der Waals surface area (Å²) in [5.41, 5.74) is 0. The lowest BCUT2D eigenvalue weighted by atomic mass is 10.0. The van der Waals surface area contributed by atoms with Gasteiger partial charge in [-0.2, -0.15) is 0 Å². The number of hydrogen-bond acceptors (Lipinski definition) is 15. The van der Waals surface area contributed by atoms with E-state index >= 15 is 0 Å². The molecular formula is C79H150O17P2. The number of phosphoric ester groups is 2. The number of aliphatic hydroxyl groups excluding tert-OH is 1. The highest BCUT2D eigenvalue weighted by Crippen LogP contribution is 2.45. The second kappa shape index (κ2) is 72.9. The molecular weight excluding hydrogens is 1280 g/mol. The lowest BCUT2D eigenvalue weighted by molar-refractivity contribution is -0.161. The molecule has 0 heterocycles. The number of carbonyl (C=O) groups excluding carboxylic acids is 4. The number of unbranched alkanes of at least 4 members (excludes halogenated alkanes) is 49. The Hall–Kier alpha value is -2.46. The van der Waals surface area contributed by atoms with Crippen molar-refractivity contribution in [2.24, 2.45) is 0 Å². The molecule has 0 aliphatic carbocycles. The van der Waals surface area contributed by atoms with Crippen LogP contribution in [0, 0.1) is 0 Å². The highest BCUT2D eigenvalue weighted by molar-refractivity contribution is 7.47. The minimum absolute atomic E-state index is 0.0847. The third kappa shape index (κ3) is 71.9. The number of ether oxygens (including phenoxy) is 4. The van der Waals surface area contributed by atoms with E-state index in [0.717, 1.165) is 109 Å². The van der Waals surface area contributed by atoms with Gasteiger partial charge in [-0.15, -0.1) is 0 Å². The van der Waals surface area contributed by atoms with Crippen LogP contribution in [0.25, 0.3) is 0 Å². The molecule has 0 radical (unpaired) electrons. The zero-order chi connectivity index (χ0) is 71.8. The van der Waals surface area contributed by atoms with E-state index in [-0.39, 0.29) is 25.7 Å². The molecule has 0 aromatic heterocycles. The molecule has 578 valence electrons. The van der Waals surface area contributed by atoms with Crippen LogP contribution in [0.15, 0.2) is 24.3 Å². The summed E-state index contributed by atoms with van der Waals surface area (Å²) in [5.74, 6) is -2.15.